The molecule has 0 spiro atoms. The van der Waals surface area contributed by atoms with Crippen LogP contribution in [0, 0.1) is 5.82 Å². The molecule has 2 aliphatic rings. The zero-order valence-electron chi connectivity index (χ0n) is 15.7. The quantitative estimate of drug-likeness (QED) is 0.567. The largest absolute Gasteiger partial charge is 0.347 e. The summed E-state index contributed by atoms with van der Waals surface area (Å²) in [5, 5.41) is 8.13. The maximum atomic E-state index is 12.8. The number of aromatic amines is 1. The zero-order valence-corrected chi connectivity index (χ0v) is 15.7. The topological polar surface area (TPSA) is 84.1 Å². The van der Waals surface area contributed by atoms with Gasteiger partial charge in [0.25, 0.3) is 5.91 Å². The van der Waals surface area contributed by atoms with Gasteiger partial charge in [-0.2, -0.15) is 10.2 Å². The Kier molecular flexibility index (Phi) is 4.34. The highest BCUT2D eigenvalue weighted by Crippen LogP contribution is 2.35. The molecule has 0 atom stereocenters. The van der Waals surface area contributed by atoms with Crippen molar-refractivity contribution in [3.63, 3.8) is 0 Å². The van der Waals surface area contributed by atoms with Crippen molar-refractivity contribution >= 4 is 11.4 Å². The Bertz CT molecular complexity index is 1160. The molecule has 0 saturated heterocycles. The first-order chi connectivity index (χ1) is 14.2. The van der Waals surface area contributed by atoms with Gasteiger partial charge in [-0.15, -0.1) is 0 Å². The van der Waals surface area contributed by atoms with E-state index in [4.69, 9.17) is 0 Å². The van der Waals surface area contributed by atoms with Gasteiger partial charge < -0.3 is 9.88 Å². The molecule has 1 fully saturated rings. The molecule has 9 heteroatoms. The van der Waals surface area contributed by atoms with Gasteiger partial charge >= 0.3 is 0 Å². The molecule has 6 rings (SSSR count). The normalized spacial score (nSPS) is 15.7. The highest BCUT2D eigenvalue weighted by Gasteiger charge is 2.31. The summed E-state index contributed by atoms with van der Waals surface area (Å²) in [7, 11) is 0. The molecule has 1 amide bonds. The van der Waals surface area contributed by atoms with E-state index in [1.165, 1.54) is 10.6 Å². The van der Waals surface area contributed by atoms with Gasteiger partial charge in [0, 0.05) is 25.4 Å². The van der Waals surface area contributed by atoms with Crippen molar-refractivity contribution in [3.8, 4) is 0 Å². The van der Waals surface area contributed by atoms with Gasteiger partial charge in [-0.05, 0) is 37.1 Å². The Morgan fingerprint density at radius 3 is 2.86 bits per heavy atom. The average Bonchev–Trinajstić information content (AvgIpc) is 3.17. The molecule has 0 radical (unpaired) electrons. The number of aromatic nitrogens is 6. The van der Waals surface area contributed by atoms with E-state index in [9.17, 15) is 9.18 Å². The summed E-state index contributed by atoms with van der Waals surface area (Å²) in [5.41, 5.74) is 3.37. The third-order valence-corrected chi connectivity index (χ3v) is 5.23. The van der Waals surface area contributed by atoms with E-state index < -0.39 is 0 Å². The molecular weight excluding hydrogens is 373 g/mol. The van der Waals surface area contributed by atoms with E-state index in [2.05, 4.69) is 20.2 Å². The van der Waals surface area contributed by atoms with Gasteiger partial charge in [-0.1, -0.05) is 0 Å². The van der Waals surface area contributed by atoms with Crippen LogP contribution < -0.4 is 0 Å². The minimum absolute atomic E-state index is 0.0738. The summed E-state index contributed by atoms with van der Waals surface area (Å²) in [5.74, 6) is -0.162. The lowest BCUT2D eigenvalue weighted by molar-refractivity contribution is 0.0719. The summed E-state index contributed by atoms with van der Waals surface area (Å²) in [6.45, 7) is 1.34. The monoisotopic (exact) mass is 393 g/mol. The summed E-state index contributed by atoms with van der Waals surface area (Å²) in [6.07, 6.45) is 9.78. The first-order valence-corrected chi connectivity index (χ1v) is 9.62. The second kappa shape index (κ2) is 7.16. The molecule has 0 aromatic carbocycles. The Balaban J connectivity index is 0.000000153. The minimum Gasteiger partial charge on any atom is -0.347 e. The van der Waals surface area contributed by atoms with Crippen LogP contribution in [-0.4, -0.2) is 46.7 Å². The van der Waals surface area contributed by atoms with Crippen molar-refractivity contribution in [1.82, 2.24) is 34.3 Å². The average molecular weight is 393 g/mol. The standard InChI is InChI=1S/C13H15N5O.C7H5FN2/c19-13(12-3-5-16-18(12)9-1-2-9)17-6-4-10-11(7-17)15-8-14-10;8-6-2-1-5-10-7(6)3-4-9-10/h3,5,8-9H,1-2,4,6-7H2,(H,14,15);1-5H. The lowest BCUT2D eigenvalue weighted by Gasteiger charge is -2.26. The highest BCUT2D eigenvalue weighted by molar-refractivity contribution is 5.92. The number of nitrogens with one attached hydrogen (secondary N) is 1. The minimum atomic E-state index is -0.236. The molecule has 1 aliphatic carbocycles. The van der Waals surface area contributed by atoms with Crippen LogP contribution >= 0.6 is 0 Å². The molecular formula is C20H20FN7O. The second-order valence-corrected chi connectivity index (χ2v) is 7.21. The fourth-order valence-corrected chi connectivity index (χ4v) is 3.56. The Hall–Kier alpha value is -3.49. The number of nitrogens with zero attached hydrogens (tertiary/aromatic N) is 6. The summed E-state index contributed by atoms with van der Waals surface area (Å²) in [4.78, 5) is 21.8. The van der Waals surface area contributed by atoms with Crippen LogP contribution in [0.15, 0.2) is 49.2 Å². The number of halogens is 1. The number of pyridine rings is 1. The predicted molar refractivity (Wildman–Crippen MR) is 103 cm³/mol. The molecule has 0 bridgehead atoms. The van der Waals surface area contributed by atoms with Crippen LogP contribution in [0.25, 0.3) is 5.52 Å². The van der Waals surface area contributed by atoms with Crippen molar-refractivity contribution in [3.05, 3.63) is 72.1 Å². The summed E-state index contributed by atoms with van der Waals surface area (Å²) < 4.78 is 16.1. The van der Waals surface area contributed by atoms with E-state index in [1.807, 2.05) is 15.6 Å². The molecule has 8 nitrogen and oxygen atoms in total. The Labute approximate surface area is 166 Å². The van der Waals surface area contributed by atoms with E-state index >= 15 is 0 Å². The smallest absolute Gasteiger partial charge is 0.272 e. The van der Waals surface area contributed by atoms with Crippen LogP contribution in [0.5, 0.6) is 0 Å². The lowest BCUT2D eigenvalue weighted by atomic mass is 10.1. The van der Waals surface area contributed by atoms with Gasteiger partial charge in [0.15, 0.2) is 0 Å². The summed E-state index contributed by atoms with van der Waals surface area (Å²) >= 11 is 0. The molecule has 0 unspecified atom stereocenters. The molecule has 1 aliphatic heterocycles. The second-order valence-electron chi connectivity index (χ2n) is 7.21. The van der Waals surface area contributed by atoms with Crippen molar-refractivity contribution in [2.75, 3.05) is 6.54 Å². The molecule has 1 N–H and O–H groups in total. The SMILES string of the molecule is Fc1cccn2nccc12.O=C(c1ccnn1C1CC1)N1CCc2nc[nH]c2C1. The predicted octanol–water partition coefficient (Wildman–Crippen LogP) is 2.61. The number of amides is 1. The number of carbonyl (C=O) groups is 1. The highest BCUT2D eigenvalue weighted by atomic mass is 19.1. The summed E-state index contributed by atoms with van der Waals surface area (Å²) in [6, 6.07) is 6.92. The first kappa shape index (κ1) is 17.6. The third-order valence-electron chi connectivity index (χ3n) is 5.23. The van der Waals surface area contributed by atoms with Crippen molar-refractivity contribution in [2.24, 2.45) is 0 Å². The van der Waals surface area contributed by atoms with Gasteiger partial charge in [0.05, 0.1) is 36.5 Å². The van der Waals surface area contributed by atoms with E-state index in [1.54, 1.807) is 37.1 Å². The Morgan fingerprint density at radius 2 is 2.03 bits per heavy atom. The van der Waals surface area contributed by atoms with E-state index in [0.717, 1.165) is 37.2 Å². The third kappa shape index (κ3) is 3.39. The number of hydrogen-bond donors (Lipinski definition) is 1. The number of hydrogen-bond acceptors (Lipinski definition) is 4. The van der Waals surface area contributed by atoms with Crippen molar-refractivity contribution < 1.29 is 9.18 Å². The van der Waals surface area contributed by atoms with Crippen LogP contribution in [-0.2, 0) is 13.0 Å². The van der Waals surface area contributed by atoms with Crippen LogP contribution in [0.4, 0.5) is 4.39 Å². The number of carbonyl (C=O) groups excluding carboxylic acids is 1. The number of rotatable bonds is 2. The van der Waals surface area contributed by atoms with Crippen molar-refractivity contribution in [2.45, 2.75) is 31.8 Å². The maximum Gasteiger partial charge on any atom is 0.272 e. The van der Waals surface area contributed by atoms with Gasteiger partial charge in [-0.25, -0.2) is 13.9 Å². The van der Waals surface area contributed by atoms with Gasteiger partial charge in [0.2, 0.25) is 0 Å². The fraction of sp³-hybridized carbons (Fsp3) is 0.300. The van der Waals surface area contributed by atoms with Gasteiger partial charge in [0.1, 0.15) is 17.0 Å². The fourth-order valence-electron chi connectivity index (χ4n) is 3.56. The number of fused-ring (bicyclic) bond motifs is 2. The molecule has 4 aromatic heterocycles. The van der Waals surface area contributed by atoms with Crippen LogP contribution in [0.3, 0.4) is 0 Å². The van der Waals surface area contributed by atoms with Crippen LogP contribution in [0.2, 0.25) is 0 Å². The number of H-pyrrole nitrogens is 1. The molecule has 1 saturated carbocycles. The maximum absolute atomic E-state index is 12.8. The van der Waals surface area contributed by atoms with E-state index in [-0.39, 0.29) is 11.7 Å². The van der Waals surface area contributed by atoms with Crippen molar-refractivity contribution in [1.29, 1.82) is 0 Å². The van der Waals surface area contributed by atoms with Gasteiger partial charge in [-0.3, -0.25) is 9.48 Å². The van der Waals surface area contributed by atoms with E-state index in [0.29, 0.717) is 23.8 Å². The first-order valence-electron chi connectivity index (χ1n) is 9.62. The lowest BCUT2D eigenvalue weighted by Crippen LogP contribution is -2.37. The van der Waals surface area contributed by atoms with Crippen LogP contribution in [0.1, 0.15) is 40.8 Å². The Morgan fingerprint density at radius 1 is 1.17 bits per heavy atom. The molecule has 5 heterocycles. The molecule has 148 valence electrons. The molecule has 29 heavy (non-hydrogen) atoms. The molecule has 4 aromatic rings. The number of imidazole rings is 1. The zero-order chi connectivity index (χ0) is 19.8.